The number of halogens is 1. The molecule has 0 spiro atoms. The van der Waals surface area contributed by atoms with Crippen molar-refractivity contribution in [1.29, 1.82) is 0 Å². The summed E-state index contributed by atoms with van der Waals surface area (Å²) in [4.78, 5) is 40.9. The Balaban J connectivity index is 1.14. The number of hydrogen-bond acceptors (Lipinski definition) is 6. The molecular formula is C39H42ClN3O5. The number of pyridine rings is 1. The molecule has 4 aliphatic rings. The molecule has 1 amide bonds. The van der Waals surface area contributed by atoms with Crippen LogP contribution in [0.3, 0.4) is 0 Å². The third-order valence-electron chi connectivity index (χ3n) is 10.7. The molecule has 8 rings (SSSR count). The highest BCUT2D eigenvalue weighted by Gasteiger charge is 2.55. The molecule has 4 aromatic rings. The van der Waals surface area contributed by atoms with Gasteiger partial charge in [-0.1, -0.05) is 41.9 Å². The Morgan fingerprint density at radius 3 is 2.33 bits per heavy atom. The zero-order valence-electron chi connectivity index (χ0n) is 27.6. The van der Waals surface area contributed by atoms with Crippen LogP contribution >= 0.6 is 11.6 Å². The lowest BCUT2D eigenvalue weighted by Gasteiger charge is -2.60. The van der Waals surface area contributed by atoms with Crippen molar-refractivity contribution in [2.45, 2.75) is 69.6 Å². The van der Waals surface area contributed by atoms with Crippen molar-refractivity contribution in [1.82, 2.24) is 15.2 Å². The number of para-hydroxylation sites is 1. The predicted octanol–water partition coefficient (Wildman–Crippen LogP) is 6.06. The number of nitrogens with zero attached hydrogens (tertiary/aromatic N) is 1. The highest BCUT2D eigenvalue weighted by atomic mass is 35.5. The maximum atomic E-state index is 14.0. The number of aromatic nitrogens is 1. The lowest BCUT2D eigenvalue weighted by molar-refractivity contribution is -0.0528. The van der Waals surface area contributed by atoms with Crippen LogP contribution in [0.4, 0.5) is 0 Å². The average molecular weight is 668 g/mol. The lowest BCUT2D eigenvalue weighted by Crippen LogP contribution is -2.66. The number of carbonyl (C=O) groups excluding carboxylic acids is 2. The van der Waals surface area contributed by atoms with Crippen LogP contribution in [0.25, 0.3) is 16.6 Å². The van der Waals surface area contributed by atoms with Crippen LogP contribution < -0.4 is 16.1 Å². The van der Waals surface area contributed by atoms with E-state index in [1.54, 1.807) is 34.9 Å². The minimum atomic E-state index is -0.759. The van der Waals surface area contributed by atoms with E-state index in [-0.39, 0.29) is 35.0 Å². The van der Waals surface area contributed by atoms with E-state index < -0.39 is 11.6 Å². The largest absolute Gasteiger partial charge is 0.464 e. The molecule has 9 heteroatoms. The molecule has 48 heavy (non-hydrogen) atoms. The van der Waals surface area contributed by atoms with E-state index in [0.29, 0.717) is 57.0 Å². The Kier molecular flexibility index (Phi) is 8.47. The molecule has 1 heterocycles. The third kappa shape index (κ3) is 6.17. The van der Waals surface area contributed by atoms with Crippen LogP contribution in [0.2, 0.25) is 5.02 Å². The zero-order chi connectivity index (χ0) is 33.8. The van der Waals surface area contributed by atoms with E-state index in [1.165, 1.54) is 7.11 Å². The molecule has 3 aromatic carbocycles. The number of carbonyl (C=O) groups is 2. The molecule has 8 nitrogen and oxygen atoms in total. The van der Waals surface area contributed by atoms with Crippen LogP contribution in [0, 0.1) is 17.8 Å². The third-order valence-corrected chi connectivity index (χ3v) is 10.9. The van der Waals surface area contributed by atoms with Gasteiger partial charge in [0.25, 0.3) is 5.91 Å². The fourth-order valence-corrected chi connectivity index (χ4v) is 8.99. The van der Waals surface area contributed by atoms with Crippen LogP contribution in [0.5, 0.6) is 0 Å². The van der Waals surface area contributed by atoms with Crippen LogP contribution in [0.1, 0.15) is 77.9 Å². The number of nitrogens with one attached hydrogen (secondary N) is 2. The summed E-state index contributed by atoms with van der Waals surface area (Å²) < 4.78 is 6.95. The number of amides is 1. The maximum Gasteiger partial charge on any atom is 0.355 e. The molecule has 4 fully saturated rings. The van der Waals surface area contributed by atoms with Gasteiger partial charge in [-0.3, -0.25) is 9.59 Å². The first kappa shape index (κ1) is 32.6. The van der Waals surface area contributed by atoms with Crippen LogP contribution in [-0.4, -0.2) is 52.4 Å². The maximum absolute atomic E-state index is 14.0. The van der Waals surface area contributed by atoms with Gasteiger partial charge in [-0.05, 0) is 112 Å². The molecule has 5 atom stereocenters. The van der Waals surface area contributed by atoms with Gasteiger partial charge in [0.2, 0.25) is 0 Å². The van der Waals surface area contributed by atoms with Crippen molar-refractivity contribution >= 4 is 34.4 Å². The first-order valence-corrected chi connectivity index (χ1v) is 17.2. The van der Waals surface area contributed by atoms with Gasteiger partial charge in [-0.15, -0.1) is 0 Å². The fraction of sp³-hybridized carbons (Fsp3) is 0.410. The summed E-state index contributed by atoms with van der Waals surface area (Å²) >= 11 is 6.36. The van der Waals surface area contributed by atoms with Crippen molar-refractivity contribution in [3.63, 3.8) is 0 Å². The first-order chi connectivity index (χ1) is 22.9. The van der Waals surface area contributed by atoms with Crippen molar-refractivity contribution < 1.29 is 19.4 Å². The number of benzene rings is 3. The summed E-state index contributed by atoms with van der Waals surface area (Å²) in [5.41, 5.74) is 2.03. The van der Waals surface area contributed by atoms with Gasteiger partial charge >= 0.3 is 5.97 Å². The zero-order valence-corrected chi connectivity index (χ0v) is 28.3. The summed E-state index contributed by atoms with van der Waals surface area (Å²) in [5, 5.41) is 18.3. The van der Waals surface area contributed by atoms with E-state index in [9.17, 15) is 19.5 Å². The van der Waals surface area contributed by atoms with E-state index >= 15 is 0 Å². The second-order valence-electron chi connectivity index (χ2n) is 14.8. The standard InChI is InChI=1S/C39H42ClN3O5/c1-38(2,47)22-41-39-19-24-15-26(20-39)33(27(16-24)21-39)42-36(45)25-11-9-23(10-12-25)17-31-34(37(46)48-3)43(29-7-5-4-6-8-29)32-18-28(40)13-14-30(32)35(31)44/h4-14,18,24,26-27,33,41,47H,15-17,19-22H2,1-3H3,(H,42,45)/t24?,26-,27?,33?,39?/m1/s1. The SMILES string of the molecule is COC(=O)c1c(Cc2ccc(C(=O)NC3C4CC5C[C@@H]3CC(NCC(C)(C)O)(C5)C4)cc2)c(=O)c2ccc(Cl)cc2n1-c1ccccc1. The number of β-amino-alcohol motifs (C(OH)–C–C–N with tert-alkyl or cyclic N) is 1. The smallest absolute Gasteiger partial charge is 0.355 e. The summed E-state index contributed by atoms with van der Waals surface area (Å²) in [6.45, 7) is 4.24. The van der Waals surface area contributed by atoms with Gasteiger partial charge in [-0.25, -0.2) is 4.79 Å². The predicted molar refractivity (Wildman–Crippen MR) is 187 cm³/mol. The number of ether oxygens (including phenoxy) is 1. The van der Waals surface area contributed by atoms with E-state index in [4.69, 9.17) is 16.3 Å². The Morgan fingerprint density at radius 2 is 1.69 bits per heavy atom. The molecular weight excluding hydrogens is 626 g/mol. The number of esters is 1. The molecule has 4 aliphatic carbocycles. The molecule has 0 saturated heterocycles. The van der Waals surface area contributed by atoms with E-state index in [1.807, 2.05) is 56.3 Å². The monoisotopic (exact) mass is 667 g/mol. The molecule has 4 bridgehead atoms. The second-order valence-corrected chi connectivity index (χ2v) is 15.2. The molecule has 250 valence electrons. The van der Waals surface area contributed by atoms with Gasteiger partial charge in [0, 0.05) is 51.8 Å². The highest BCUT2D eigenvalue weighted by Crippen LogP contribution is 2.55. The van der Waals surface area contributed by atoms with Gasteiger partial charge in [0.1, 0.15) is 5.69 Å². The Labute approximate surface area is 285 Å². The Morgan fingerprint density at radius 1 is 1.00 bits per heavy atom. The van der Waals surface area contributed by atoms with E-state index in [2.05, 4.69) is 10.6 Å². The first-order valence-electron chi connectivity index (χ1n) is 16.8. The number of aliphatic hydroxyl groups is 1. The molecule has 0 radical (unpaired) electrons. The normalized spacial score (nSPS) is 24.5. The topological polar surface area (TPSA) is 110 Å². The Hall–Kier alpha value is -3.98. The van der Waals surface area contributed by atoms with Crippen molar-refractivity contribution in [3.05, 3.63) is 110 Å². The quantitative estimate of drug-likeness (QED) is 0.187. The van der Waals surface area contributed by atoms with Gasteiger partial charge in [0.15, 0.2) is 5.43 Å². The van der Waals surface area contributed by atoms with Crippen LogP contribution in [-0.2, 0) is 11.2 Å². The molecule has 3 N–H and O–H groups in total. The number of hydrogen-bond donors (Lipinski definition) is 3. The van der Waals surface area contributed by atoms with Gasteiger partial charge in [0.05, 0.1) is 18.2 Å². The van der Waals surface area contributed by atoms with Gasteiger partial charge in [-0.2, -0.15) is 0 Å². The highest BCUT2D eigenvalue weighted by molar-refractivity contribution is 6.31. The number of rotatable bonds is 9. The fourth-order valence-electron chi connectivity index (χ4n) is 8.82. The number of fused-ring (bicyclic) bond motifs is 1. The Bertz CT molecular complexity index is 1920. The summed E-state index contributed by atoms with van der Waals surface area (Å²) in [5.74, 6) is 0.774. The van der Waals surface area contributed by atoms with Crippen molar-refractivity contribution in [3.8, 4) is 5.69 Å². The molecule has 0 aliphatic heterocycles. The minimum absolute atomic E-state index is 0.0521. The minimum Gasteiger partial charge on any atom is -0.464 e. The molecule has 4 unspecified atom stereocenters. The lowest BCUT2D eigenvalue weighted by atomic mass is 9.51. The average Bonchev–Trinajstić information content (AvgIpc) is 3.06. The summed E-state index contributed by atoms with van der Waals surface area (Å²) in [7, 11) is 1.30. The second kappa shape index (κ2) is 12.5. The summed E-state index contributed by atoms with van der Waals surface area (Å²) in [6.07, 6.45) is 5.62. The van der Waals surface area contributed by atoms with E-state index in [0.717, 1.165) is 37.7 Å². The number of methoxy groups -OCH3 is 1. The summed E-state index contributed by atoms with van der Waals surface area (Å²) in [6, 6.07) is 21.8. The van der Waals surface area contributed by atoms with Crippen LogP contribution in [0.15, 0.2) is 77.6 Å². The van der Waals surface area contributed by atoms with Crippen molar-refractivity contribution in [2.24, 2.45) is 17.8 Å². The van der Waals surface area contributed by atoms with Gasteiger partial charge < -0.3 is 25.0 Å². The molecule has 1 aromatic heterocycles. The molecule has 4 saturated carbocycles. The van der Waals surface area contributed by atoms with Crippen molar-refractivity contribution in [2.75, 3.05) is 13.7 Å².